The van der Waals surface area contributed by atoms with Crippen molar-refractivity contribution in [3.63, 3.8) is 0 Å². The van der Waals surface area contributed by atoms with Crippen LogP contribution >= 0.6 is 12.2 Å². The molecule has 0 radical (unpaired) electrons. The highest BCUT2D eigenvalue weighted by molar-refractivity contribution is 7.80. The van der Waals surface area contributed by atoms with E-state index in [2.05, 4.69) is 4.90 Å². The van der Waals surface area contributed by atoms with Crippen LogP contribution in [-0.4, -0.2) is 45.9 Å². The third-order valence-electron chi connectivity index (χ3n) is 5.15. The second-order valence-electron chi connectivity index (χ2n) is 7.02. The Kier molecular flexibility index (Phi) is 5.63. The molecule has 1 aliphatic heterocycles. The Bertz CT molecular complexity index is 1140. The van der Waals surface area contributed by atoms with Crippen LogP contribution in [0.25, 0.3) is 11.3 Å². The summed E-state index contributed by atoms with van der Waals surface area (Å²) in [6, 6.07) is 16.3. The van der Waals surface area contributed by atoms with E-state index in [1.54, 1.807) is 36.4 Å². The molecule has 0 atom stereocenters. The predicted octanol–water partition coefficient (Wildman–Crippen LogP) is 4.26. The highest BCUT2D eigenvalue weighted by atomic mass is 32.1. The van der Waals surface area contributed by atoms with E-state index in [1.807, 2.05) is 4.90 Å². The summed E-state index contributed by atoms with van der Waals surface area (Å²) in [5, 5.41) is 21.8. The van der Waals surface area contributed by atoms with Crippen LogP contribution in [0.15, 0.2) is 65.1 Å². The predicted molar refractivity (Wildman–Crippen MR) is 119 cm³/mol. The van der Waals surface area contributed by atoms with E-state index < -0.39 is 9.85 Å². The van der Waals surface area contributed by atoms with Gasteiger partial charge in [-0.15, -0.1) is 0 Å². The zero-order valence-electron chi connectivity index (χ0n) is 16.3. The van der Waals surface area contributed by atoms with E-state index in [-0.39, 0.29) is 11.4 Å². The highest BCUT2D eigenvalue weighted by Gasteiger charge is 2.22. The Labute approximate surface area is 182 Å². The zero-order valence-corrected chi connectivity index (χ0v) is 17.2. The number of thiocarbonyl (C=S) groups is 1. The average molecular weight is 438 g/mol. The molecule has 2 aromatic carbocycles. The van der Waals surface area contributed by atoms with E-state index in [4.69, 9.17) is 16.6 Å². The van der Waals surface area contributed by atoms with Gasteiger partial charge in [-0.1, -0.05) is 24.4 Å². The first-order chi connectivity index (χ1) is 14.9. The Balaban J connectivity index is 1.41. The first-order valence-corrected chi connectivity index (χ1v) is 9.96. The monoisotopic (exact) mass is 438 g/mol. The van der Waals surface area contributed by atoms with Crippen molar-refractivity contribution in [2.75, 3.05) is 31.1 Å². The lowest BCUT2D eigenvalue weighted by molar-refractivity contribution is -0.385. The lowest BCUT2D eigenvalue weighted by Gasteiger charge is -2.36. The molecule has 1 saturated heterocycles. The molecule has 10 heteroatoms. The van der Waals surface area contributed by atoms with Gasteiger partial charge in [0.15, 0.2) is 5.76 Å². The molecule has 0 spiro atoms. The quantitative estimate of drug-likeness (QED) is 0.330. The summed E-state index contributed by atoms with van der Waals surface area (Å²) in [6.45, 7) is 2.80. The van der Waals surface area contributed by atoms with Gasteiger partial charge in [-0.3, -0.25) is 20.2 Å². The molecule has 0 aliphatic carbocycles. The molecule has 9 nitrogen and oxygen atoms in total. The molecule has 4 rings (SSSR count). The van der Waals surface area contributed by atoms with Crippen LogP contribution in [-0.2, 0) is 0 Å². The van der Waals surface area contributed by atoms with Gasteiger partial charge in [-0.05, 0) is 24.3 Å². The molecule has 1 fully saturated rings. The molecule has 0 amide bonds. The number of nitro benzene ring substituents is 2. The smallest absolute Gasteiger partial charge is 0.270 e. The Morgan fingerprint density at radius 2 is 1.55 bits per heavy atom. The molecule has 1 aromatic heterocycles. The minimum absolute atomic E-state index is 0.000363. The summed E-state index contributed by atoms with van der Waals surface area (Å²) in [6.07, 6.45) is 0. The first-order valence-electron chi connectivity index (χ1n) is 9.56. The molecule has 2 heterocycles. The minimum atomic E-state index is -0.442. The van der Waals surface area contributed by atoms with E-state index in [0.29, 0.717) is 35.2 Å². The second kappa shape index (κ2) is 8.52. The van der Waals surface area contributed by atoms with E-state index >= 15 is 0 Å². The van der Waals surface area contributed by atoms with Gasteiger partial charge in [-0.2, -0.15) is 0 Å². The van der Waals surface area contributed by atoms with Gasteiger partial charge in [0.05, 0.1) is 9.85 Å². The molecular formula is C21H18N4O5S. The molecule has 0 unspecified atom stereocenters. The molecule has 31 heavy (non-hydrogen) atoms. The normalized spacial score (nSPS) is 13.8. The molecule has 0 saturated carbocycles. The van der Waals surface area contributed by atoms with Crippen molar-refractivity contribution in [1.29, 1.82) is 0 Å². The summed E-state index contributed by atoms with van der Waals surface area (Å²) >= 11 is 5.60. The van der Waals surface area contributed by atoms with Crippen LogP contribution in [0.1, 0.15) is 5.76 Å². The number of anilines is 1. The first kappa shape index (κ1) is 20.5. The summed E-state index contributed by atoms with van der Waals surface area (Å²) in [5.74, 6) is 1.06. The van der Waals surface area contributed by atoms with Crippen LogP contribution in [0, 0.1) is 20.2 Å². The number of piperazine rings is 1. The zero-order chi connectivity index (χ0) is 22.0. The van der Waals surface area contributed by atoms with Crippen molar-refractivity contribution in [1.82, 2.24) is 4.90 Å². The van der Waals surface area contributed by atoms with Gasteiger partial charge in [-0.25, -0.2) is 0 Å². The van der Waals surface area contributed by atoms with Crippen molar-refractivity contribution in [3.8, 4) is 11.3 Å². The van der Waals surface area contributed by atoms with E-state index in [1.165, 1.54) is 24.3 Å². The molecule has 3 aromatic rings. The third kappa shape index (κ3) is 4.38. The largest absolute Gasteiger partial charge is 0.454 e. The number of nitrogens with zero attached hydrogens (tertiary/aromatic N) is 4. The van der Waals surface area contributed by atoms with Crippen LogP contribution < -0.4 is 4.90 Å². The maximum atomic E-state index is 11.0. The van der Waals surface area contributed by atoms with Gasteiger partial charge in [0, 0.05) is 61.7 Å². The maximum absolute atomic E-state index is 11.0. The molecular weight excluding hydrogens is 420 g/mol. The van der Waals surface area contributed by atoms with Crippen molar-refractivity contribution in [2.45, 2.75) is 0 Å². The van der Waals surface area contributed by atoms with Gasteiger partial charge in [0.25, 0.3) is 11.4 Å². The molecule has 1 aliphatic rings. The van der Waals surface area contributed by atoms with Crippen LogP contribution in [0.5, 0.6) is 0 Å². The standard InChI is InChI=1S/C21H18N4O5S/c26-24(27)17-6-4-16(5-7-17)22-10-12-23(13-11-22)21(31)20-9-8-19(30-20)15-2-1-3-18(14-15)25(28)29/h1-9,14H,10-13H2. The number of nitro groups is 2. The van der Waals surface area contributed by atoms with Crippen LogP contribution in [0.4, 0.5) is 17.1 Å². The number of benzene rings is 2. The fraction of sp³-hybridized carbons (Fsp3) is 0.190. The van der Waals surface area contributed by atoms with Crippen LogP contribution in [0.3, 0.4) is 0 Å². The summed E-state index contributed by atoms with van der Waals surface area (Å²) in [4.78, 5) is 25.7. The second-order valence-corrected chi connectivity index (χ2v) is 7.41. The fourth-order valence-electron chi connectivity index (χ4n) is 3.49. The summed E-state index contributed by atoms with van der Waals surface area (Å²) in [7, 11) is 0. The Morgan fingerprint density at radius 3 is 2.19 bits per heavy atom. The molecule has 0 N–H and O–H groups in total. The van der Waals surface area contributed by atoms with Crippen molar-refractivity contribution in [3.05, 3.63) is 86.7 Å². The van der Waals surface area contributed by atoms with Crippen LogP contribution in [0.2, 0.25) is 0 Å². The van der Waals surface area contributed by atoms with E-state index in [0.717, 1.165) is 18.8 Å². The maximum Gasteiger partial charge on any atom is 0.270 e. The third-order valence-corrected chi connectivity index (χ3v) is 5.61. The average Bonchev–Trinajstić information content (AvgIpc) is 3.29. The number of non-ortho nitro benzene ring substituents is 2. The van der Waals surface area contributed by atoms with Crippen molar-refractivity contribution >= 4 is 34.3 Å². The van der Waals surface area contributed by atoms with Gasteiger partial charge >= 0.3 is 0 Å². The van der Waals surface area contributed by atoms with E-state index in [9.17, 15) is 20.2 Å². The lowest BCUT2D eigenvalue weighted by atomic mass is 10.1. The van der Waals surface area contributed by atoms with Crippen molar-refractivity contribution < 1.29 is 14.3 Å². The van der Waals surface area contributed by atoms with Gasteiger partial charge in [0.1, 0.15) is 10.7 Å². The summed E-state index contributed by atoms with van der Waals surface area (Å²) in [5.41, 5.74) is 1.62. The lowest BCUT2D eigenvalue weighted by Crippen LogP contribution is -2.48. The highest BCUT2D eigenvalue weighted by Crippen LogP contribution is 2.27. The van der Waals surface area contributed by atoms with Gasteiger partial charge < -0.3 is 14.2 Å². The number of rotatable bonds is 5. The molecule has 0 bridgehead atoms. The Morgan fingerprint density at radius 1 is 0.871 bits per heavy atom. The number of furan rings is 1. The fourth-order valence-corrected chi connectivity index (χ4v) is 3.78. The topological polar surface area (TPSA) is 106 Å². The molecule has 158 valence electrons. The van der Waals surface area contributed by atoms with Crippen molar-refractivity contribution in [2.24, 2.45) is 0 Å². The number of hydrogen-bond acceptors (Lipinski definition) is 7. The van der Waals surface area contributed by atoms with Gasteiger partial charge in [0.2, 0.25) is 0 Å². The SMILES string of the molecule is O=[N+]([O-])c1ccc(N2CCN(C(=S)c3ccc(-c4cccc([N+](=O)[O-])c4)o3)CC2)cc1. The summed E-state index contributed by atoms with van der Waals surface area (Å²) < 4.78 is 5.88. The Hall–Kier alpha value is -3.79. The minimum Gasteiger partial charge on any atom is -0.454 e. The number of hydrogen-bond donors (Lipinski definition) is 0.